The Morgan fingerprint density at radius 3 is 2.36 bits per heavy atom. The maximum Gasteiger partial charge on any atom is 0.326 e. The van der Waals surface area contributed by atoms with Crippen LogP contribution < -0.4 is 10.1 Å². The van der Waals surface area contributed by atoms with Gasteiger partial charge in [0.1, 0.15) is 11.3 Å². The number of hydrogen-bond donors (Lipinski definition) is 1. The second-order valence-electron chi connectivity index (χ2n) is 6.51. The molecule has 7 nitrogen and oxygen atoms in total. The summed E-state index contributed by atoms with van der Waals surface area (Å²) in [6.45, 7) is 3.67. The lowest BCUT2D eigenvalue weighted by Gasteiger charge is -2.28. The van der Waals surface area contributed by atoms with Gasteiger partial charge in [0.2, 0.25) is 11.8 Å². The largest absolute Gasteiger partial charge is 0.497 e. The van der Waals surface area contributed by atoms with Gasteiger partial charge in [-0.05, 0) is 31.5 Å². The van der Waals surface area contributed by atoms with Gasteiger partial charge in [-0.3, -0.25) is 24.6 Å². The van der Waals surface area contributed by atoms with Gasteiger partial charge in [-0.1, -0.05) is 12.1 Å². The molecule has 3 rings (SSSR count). The van der Waals surface area contributed by atoms with Crippen molar-refractivity contribution in [3.8, 4) is 5.75 Å². The molecule has 2 fully saturated rings. The van der Waals surface area contributed by atoms with Crippen molar-refractivity contribution in [2.75, 3.05) is 20.8 Å². The quantitative estimate of drug-likeness (QED) is 0.644. The lowest BCUT2D eigenvalue weighted by molar-refractivity contribution is -0.153. The molecule has 2 saturated heterocycles. The first-order valence-electron chi connectivity index (χ1n) is 8.24. The number of esters is 1. The molecule has 1 aromatic rings. The highest BCUT2D eigenvalue weighted by molar-refractivity contribution is 6.09. The fourth-order valence-corrected chi connectivity index (χ4v) is 4.01. The molecule has 2 aliphatic heterocycles. The van der Waals surface area contributed by atoms with Crippen molar-refractivity contribution in [2.24, 2.45) is 11.8 Å². The number of nitrogens with zero attached hydrogens (tertiary/aromatic N) is 1. The summed E-state index contributed by atoms with van der Waals surface area (Å²) in [5.74, 6) is -1.84. The first-order valence-corrected chi connectivity index (χ1v) is 8.24. The second-order valence-corrected chi connectivity index (χ2v) is 6.51. The van der Waals surface area contributed by atoms with Crippen molar-refractivity contribution in [3.63, 3.8) is 0 Å². The normalized spacial score (nSPS) is 31.2. The van der Waals surface area contributed by atoms with Crippen LogP contribution in [0.5, 0.6) is 5.75 Å². The molecule has 4 atom stereocenters. The molecule has 0 radical (unpaired) electrons. The number of benzene rings is 1. The Balaban J connectivity index is 2.06. The zero-order valence-electron chi connectivity index (χ0n) is 14.7. The third-order valence-corrected chi connectivity index (χ3v) is 5.28. The van der Waals surface area contributed by atoms with Crippen molar-refractivity contribution >= 4 is 17.8 Å². The highest BCUT2D eigenvalue weighted by atomic mass is 16.5. The summed E-state index contributed by atoms with van der Waals surface area (Å²) in [7, 11) is 2.86. The van der Waals surface area contributed by atoms with Crippen LogP contribution in [0.3, 0.4) is 0 Å². The van der Waals surface area contributed by atoms with Crippen LogP contribution in [0.15, 0.2) is 24.3 Å². The Kier molecular flexibility index (Phi) is 4.28. The van der Waals surface area contributed by atoms with Gasteiger partial charge in [0, 0.05) is 12.6 Å². The van der Waals surface area contributed by atoms with E-state index >= 15 is 0 Å². The molecule has 0 saturated carbocycles. The molecule has 0 spiro atoms. The molecule has 2 heterocycles. The first kappa shape index (κ1) is 17.4. The van der Waals surface area contributed by atoms with E-state index in [0.29, 0.717) is 5.75 Å². The topological polar surface area (TPSA) is 84.9 Å². The van der Waals surface area contributed by atoms with Crippen LogP contribution in [0.4, 0.5) is 0 Å². The third kappa shape index (κ3) is 2.41. The number of likely N-dealkylation sites (tertiary alicyclic amines) is 1. The number of imide groups is 1. The molecule has 1 aromatic carbocycles. The summed E-state index contributed by atoms with van der Waals surface area (Å²) in [4.78, 5) is 39.2. The van der Waals surface area contributed by atoms with E-state index in [4.69, 9.17) is 9.47 Å². The van der Waals surface area contributed by atoms with E-state index in [0.717, 1.165) is 5.56 Å². The zero-order chi connectivity index (χ0) is 18.4. The summed E-state index contributed by atoms with van der Waals surface area (Å²) in [6.07, 6.45) is 0. The van der Waals surface area contributed by atoms with Crippen molar-refractivity contribution in [2.45, 2.75) is 25.4 Å². The SMILES string of the molecule is CCN1C(=O)[C@@H]2[C@H](c3ccc(OC)cc3)N[C@](C)(C(=O)OC)[C@H]2C1=O. The second kappa shape index (κ2) is 6.15. The number of fused-ring (bicyclic) bond motifs is 1. The van der Waals surface area contributed by atoms with E-state index in [2.05, 4.69) is 5.32 Å². The number of nitrogens with one attached hydrogen (secondary N) is 1. The summed E-state index contributed by atoms with van der Waals surface area (Å²) in [5.41, 5.74) is -0.428. The van der Waals surface area contributed by atoms with Crippen molar-refractivity contribution in [1.82, 2.24) is 10.2 Å². The number of methoxy groups -OCH3 is 2. The molecule has 2 amide bonds. The van der Waals surface area contributed by atoms with E-state index in [1.54, 1.807) is 33.1 Å². The molecule has 0 aliphatic carbocycles. The summed E-state index contributed by atoms with van der Waals surface area (Å²) in [5, 5.41) is 3.20. The average Bonchev–Trinajstić information content (AvgIpc) is 3.08. The van der Waals surface area contributed by atoms with Gasteiger partial charge >= 0.3 is 5.97 Å². The van der Waals surface area contributed by atoms with Crippen LogP contribution in [-0.2, 0) is 19.1 Å². The van der Waals surface area contributed by atoms with Gasteiger partial charge in [-0.25, -0.2) is 0 Å². The van der Waals surface area contributed by atoms with Gasteiger partial charge in [0.15, 0.2) is 0 Å². The van der Waals surface area contributed by atoms with Crippen LogP contribution in [0.25, 0.3) is 0 Å². The lowest BCUT2D eigenvalue weighted by Crippen LogP contribution is -2.53. The van der Waals surface area contributed by atoms with Gasteiger partial charge in [0.05, 0.1) is 26.1 Å². The van der Waals surface area contributed by atoms with Crippen LogP contribution in [0.1, 0.15) is 25.5 Å². The van der Waals surface area contributed by atoms with Crippen molar-refractivity contribution < 1.29 is 23.9 Å². The standard InChI is InChI=1S/C18H22N2O5/c1-5-20-15(21)12-13(16(20)22)18(2,17(23)25-4)19-14(12)10-6-8-11(24-3)9-7-10/h6-9,12-14,19H,5H2,1-4H3/t12-,13+,14-,18-/m0/s1. The minimum atomic E-state index is -1.25. The highest BCUT2D eigenvalue weighted by Crippen LogP contribution is 2.48. The van der Waals surface area contributed by atoms with Crippen molar-refractivity contribution in [1.29, 1.82) is 0 Å². The van der Waals surface area contributed by atoms with Crippen LogP contribution in [0, 0.1) is 11.8 Å². The van der Waals surface area contributed by atoms with E-state index in [-0.39, 0.29) is 18.4 Å². The average molecular weight is 346 g/mol. The lowest BCUT2D eigenvalue weighted by atomic mass is 9.80. The Labute approximate surface area is 146 Å². The predicted octanol–water partition coefficient (Wildman–Crippen LogP) is 0.892. The number of ether oxygens (including phenoxy) is 2. The predicted molar refractivity (Wildman–Crippen MR) is 88.7 cm³/mol. The van der Waals surface area contributed by atoms with Gasteiger partial charge < -0.3 is 9.47 Å². The van der Waals surface area contributed by atoms with Crippen LogP contribution in [-0.4, -0.2) is 49.0 Å². The number of amides is 2. The van der Waals surface area contributed by atoms with Gasteiger partial charge in [-0.15, -0.1) is 0 Å². The Bertz CT molecular complexity index is 717. The van der Waals surface area contributed by atoms with Crippen LogP contribution >= 0.6 is 0 Å². The molecule has 0 aromatic heterocycles. The Morgan fingerprint density at radius 1 is 1.20 bits per heavy atom. The maximum atomic E-state index is 12.8. The molecular formula is C18H22N2O5. The van der Waals surface area contributed by atoms with Gasteiger partial charge in [0.25, 0.3) is 0 Å². The molecular weight excluding hydrogens is 324 g/mol. The smallest absolute Gasteiger partial charge is 0.326 e. The monoisotopic (exact) mass is 346 g/mol. The minimum Gasteiger partial charge on any atom is -0.497 e. The Morgan fingerprint density at radius 2 is 1.84 bits per heavy atom. The summed E-state index contributed by atoms with van der Waals surface area (Å²) in [6, 6.07) is 6.80. The fraction of sp³-hybridized carbons (Fsp3) is 0.500. The fourth-order valence-electron chi connectivity index (χ4n) is 4.01. The van der Waals surface area contributed by atoms with E-state index in [1.807, 2.05) is 12.1 Å². The first-order chi connectivity index (χ1) is 11.9. The highest BCUT2D eigenvalue weighted by Gasteiger charge is 2.66. The molecule has 0 unspecified atom stereocenters. The molecule has 7 heteroatoms. The van der Waals surface area contributed by atoms with Crippen LogP contribution in [0.2, 0.25) is 0 Å². The zero-order valence-corrected chi connectivity index (χ0v) is 14.7. The Hall–Kier alpha value is -2.41. The molecule has 134 valence electrons. The third-order valence-electron chi connectivity index (χ3n) is 5.28. The maximum absolute atomic E-state index is 12.8. The van der Waals surface area contributed by atoms with Crippen molar-refractivity contribution in [3.05, 3.63) is 29.8 Å². The molecule has 1 N–H and O–H groups in total. The van der Waals surface area contributed by atoms with Gasteiger partial charge in [-0.2, -0.15) is 0 Å². The van der Waals surface area contributed by atoms with E-state index in [1.165, 1.54) is 12.0 Å². The summed E-state index contributed by atoms with van der Waals surface area (Å²) >= 11 is 0. The van der Waals surface area contributed by atoms with E-state index in [9.17, 15) is 14.4 Å². The number of hydrogen-bond acceptors (Lipinski definition) is 6. The number of carbonyl (C=O) groups is 3. The molecule has 25 heavy (non-hydrogen) atoms. The number of carbonyl (C=O) groups excluding carboxylic acids is 3. The van der Waals surface area contributed by atoms with E-state index < -0.39 is 29.4 Å². The molecule has 2 aliphatic rings. The molecule has 0 bridgehead atoms. The minimum absolute atomic E-state index is 0.251. The number of rotatable bonds is 4. The summed E-state index contributed by atoms with van der Waals surface area (Å²) < 4.78 is 10.1.